The van der Waals surface area contributed by atoms with Gasteiger partial charge in [0.25, 0.3) is 0 Å². The summed E-state index contributed by atoms with van der Waals surface area (Å²) in [6, 6.07) is 0. The Kier molecular flexibility index (Phi) is 7.21. The number of carbonyl (C=O) groups excluding carboxylic acids is 1. The first-order chi connectivity index (χ1) is 8.27. The molecule has 1 amide bonds. The Morgan fingerprint density at radius 3 is 2.76 bits per heavy atom. The monoisotopic (exact) mass is 243 g/mol. The molecule has 1 aliphatic rings. The summed E-state index contributed by atoms with van der Waals surface area (Å²) >= 11 is 0. The minimum Gasteiger partial charge on any atom is -0.376 e. The van der Waals surface area contributed by atoms with Crippen molar-refractivity contribution in [1.29, 1.82) is 0 Å². The number of hydrogen-bond acceptors (Lipinski definition) is 3. The Hall–Kier alpha value is -0.610. The molecule has 1 atom stereocenters. The maximum Gasteiger partial charge on any atom is 0.248 e. The number of piperidine rings is 1. The highest BCUT2D eigenvalue weighted by Gasteiger charge is 2.23. The van der Waals surface area contributed by atoms with E-state index in [-0.39, 0.29) is 18.6 Å². The van der Waals surface area contributed by atoms with E-state index in [9.17, 15) is 4.79 Å². The molecular weight excluding hydrogens is 218 g/mol. The smallest absolute Gasteiger partial charge is 0.248 e. The highest BCUT2D eigenvalue weighted by molar-refractivity contribution is 5.77. The Bertz CT molecular complexity index is 221. The zero-order valence-corrected chi connectivity index (χ0v) is 11.1. The number of carbonyl (C=O) groups is 1. The van der Waals surface area contributed by atoms with Crippen LogP contribution in [0.4, 0.5) is 0 Å². The van der Waals surface area contributed by atoms with E-state index in [4.69, 9.17) is 9.47 Å². The molecule has 100 valence electrons. The molecule has 4 nitrogen and oxygen atoms in total. The summed E-state index contributed by atoms with van der Waals surface area (Å²) in [4.78, 5) is 13.7. The van der Waals surface area contributed by atoms with Crippen LogP contribution in [-0.2, 0) is 14.3 Å². The molecule has 1 aliphatic heterocycles. The molecule has 1 fully saturated rings. The standard InChI is InChI=1S/C13H25NO3/c1-3-8-16-11-13(15)14-7-5-6-12(10-14)17-9-4-2/h12H,3-11H2,1-2H3. The van der Waals surface area contributed by atoms with Gasteiger partial charge in [-0.05, 0) is 25.7 Å². The van der Waals surface area contributed by atoms with Crippen LogP contribution < -0.4 is 0 Å². The van der Waals surface area contributed by atoms with Crippen molar-refractivity contribution >= 4 is 5.91 Å². The van der Waals surface area contributed by atoms with Gasteiger partial charge in [-0.25, -0.2) is 0 Å². The van der Waals surface area contributed by atoms with Crippen LogP contribution in [0.15, 0.2) is 0 Å². The summed E-state index contributed by atoms with van der Waals surface area (Å²) in [7, 11) is 0. The maximum absolute atomic E-state index is 11.8. The van der Waals surface area contributed by atoms with Crippen LogP contribution in [-0.4, -0.2) is 49.8 Å². The van der Waals surface area contributed by atoms with E-state index in [1.807, 2.05) is 11.8 Å². The lowest BCUT2D eigenvalue weighted by molar-refractivity contribution is -0.140. The largest absolute Gasteiger partial charge is 0.376 e. The quantitative estimate of drug-likeness (QED) is 0.640. The first kappa shape index (κ1) is 14.5. The van der Waals surface area contributed by atoms with Gasteiger partial charge in [0.05, 0.1) is 6.10 Å². The topological polar surface area (TPSA) is 38.8 Å². The zero-order valence-electron chi connectivity index (χ0n) is 11.1. The van der Waals surface area contributed by atoms with Crippen LogP contribution in [0, 0.1) is 0 Å². The summed E-state index contributed by atoms with van der Waals surface area (Å²) in [5.41, 5.74) is 0. The second-order valence-corrected chi connectivity index (χ2v) is 4.53. The number of hydrogen-bond donors (Lipinski definition) is 0. The molecule has 0 aromatic rings. The van der Waals surface area contributed by atoms with Crippen molar-refractivity contribution in [3.8, 4) is 0 Å². The normalized spacial score (nSPS) is 20.6. The van der Waals surface area contributed by atoms with Gasteiger partial charge in [0.15, 0.2) is 0 Å². The van der Waals surface area contributed by atoms with E-state index >= 15 is 0 Å². The van der Waals surface area contributed by atoms with Gasteiger partial charge in [0, 0.05) is 26.3 Å². The van der Waals surface area contributed by atoms with Crippen LogP contribution in [0.25, 0.3) is 0 Å². The average molecular weight is 243 g/mol. The first-order valence-electron chi connectivity index (χ1n) is 6.75. The molecule has 0 aromatic heterocycles. The fraction of sp³-hybridized carbons (Fsp3) is 0.923. The summed E-state index contributed by atoms with van der Waals surface area (Å²) < 4.78 is 11.0. The second kappa shape index (κ2) is 8.48. The molecule has 4 heteroatoms. The van der Waals surface area contributed by atoms with Crippen LogP contribution in [0.3, 0.4) is 0 Å². The van der Waals surface area contributed by atoms with E-state index < -0.39 is 0 Å². The molecule has 0 aliphatic carbocycles. The molecule has 0 radical (unpaired) electrons. The molecule has 0 N–H and O–H groups in total. The van der Waals surface area contributed by atoms with Gasteiger partial charge in [-0.2, -0.15) is 0 Å². The molecule has 1 rings (SSSR count). The van der Waals surface area contributed by atoms with Gasteiger partial charge < -0.3 is 14.4 Å². The molecule has 1 heterocycles. The summed E-state index contributed by atoms with van der Waals surface area (Å²) in [6.07, 6.45) is 4.31. The van der Waals surface area contributed by atoms with Crippen molar-refractivity contribution in [3.05, 3.63) is 0 Å². The maximum atomic E-state index is 11.8. The summed E-state index contributed by atoms with van der Waals surface area (Å²) in [5.74, 6) is 0.100. The molecule has 17 heavy (non-hydrogen) atoms. The van der Waals surface area contributed by atoms with Crippen LogP contribution >= 0.6 is 0 Å². The summed E-state index contributed by atoms with van der Waals surface area (Å²) in [5, 5.41) is 0. The first-order valence-corrected chi connectivity index (χ1v) is 6.75. The second-order valence-electron chi connectivity index (χ2n) is 4.53. The predicted molar refractivity (Wildman–Crippen MR) is 67.0 cm³/mol. The number of rotatable bonds is 7. The fourth-order valence-electron chi connectivity index (χ4n) is 1.98. The number of amides is 1. The minimum absolute atomic E-state index is 0.100. The van der Waals surface area contributed by atoms with Gasteiger partial charge in [-0.3, -0.25) is 4.79 Å². The van der Waals surface area contributed by atoms with Gasteiger partial charge in [0.2, 0.25) is 5.91 Å². The lowest BCUT2D eigenvalue weighted by Crippen LogP contribution is -2.44. The Morgan fingerprint density at radius 2 is 2.06 bits per heavy atom. The minimum atomic E-state index is 0.100. The van der Waals surface area contributed by atoms with E-state index in [1.54, 1.807) is 0 Å². The van der Waals surface area contributed by atoms with Crippen molar-refractivity contribution in [2.75, 3.05) is 32.9 Å². The van der Waals surface area contributed by atoms with Crippen molar-refractivity contribution in [3.63, 3.8) is 0 Å². The predicted octanol–water partition coefficient (Wildman–Crippen LogP) is 1.83. The highest BCUT2D eigenvalue weighted by atomic mass is 16.5. The fourth-order valence-corrected chi connectivity index (χ4v) is 1.98. The Labute approximate surface area is 104 Å². The third kappa shape index (κ3) is 5.50. The third-order valence-corrected chi connectivity index (χ3v) is 2.86. The molecular formula is C13H25NO3. The Balaban J connectivity index is 2.25. The zero-order chi connectivity index (χ0) is 12.5. The lowest BCUT2D eigenvalue weighted by Gasteiger charge is -2.32. The van der Waals surface area contributed by atoms with Crippen LogP contribution in [0.5, 0.6) is 0 Å². The number of likely N-dealkylation sites (tertiary alicyclic amines) is 1. The molecule has 1 unspecified atom stereocenters. The Morgan fingerprint density at radius 1 is 1.29 bits per heavy atom. The average Bonchev–Trinajstić information content (AvgIpc) is 2.37. The van der Waals surface area contributed by atoms with E-state index in [1.165, 1.54) is 0 Å². The number of ether oxygens (including phenoxy) is 2. The lowest BCUT2D eigenvalue weighted by atomic mass is 10.1. The highest BCUT2D eigenvalue weighted by Crippen LogP contribution is 2.13. The van der Waals surface area contributed by atoms with Crippen molar-refractivity contribution in [2.24, 2.45) is 0 Å². The molecule has 0 spiro atoms. The van der Waals surface area contributed by atoms with Crippen LogP contribution in [0.2, 0.25) is 0 Å². The van der Waals surface area contributed by atoms with E-state index in [2.05, 4.69) is 6.92 Å². The van der Waals surface area contributed by atoms with E-state index in [0.717, 1.165) is 45.4 Å². The van der Waals surface area contributed by atoms with Crippen molar-refractivity contribution in [2.45, 2.75) is 45.6 Å². The van der Waals surface area contributed by atoms with E-state index in [0.29, 0.717) is 6.61 Å². The van der Waals surface area contributed by atoms with Gasteiger partial charge >= 0.3 is 0 Å². The van der Waals surface area contributed by atoms with Crippen LogP contribution in [0.1, 0.15) is 39.5 Å². The van der Waals surface area contributed by atoms with Crippen molar-refractivity contribution < 1.29 is 14.3 Å². The van der Waals surface area contributed by atoms with Gasteiger partial charge in [0.1, 0.15) is 6.61 Å². The van der Waals surface area contributed by atoms with Gasteiger partial charge in [-0.1, -0.05) is 13.8 Å². The molecule has 0 bridgehead atoms. The molecule has 0 saturated carbocycles. The summed E-state index contributed by atoms with van der Waals surface area (Å²) in [6.45, 7) is 7.39. The van der Waals surface area contributed by atoms with Crippen molar-refractivity contribution in [1.82, 2.24) is 4.90 Å². The third-order valence-electron chi connectivity index (χ3n) is 2.86. The SMILES string of the molecule is CCCOCC(=O)N1CCCC(OCCC)C1. The molecule has 1 saturated heterocycles. The van der Waals surface area contributed by atoms with Gasteiger partial charge in [-0.15, -0.1) is 0 Å². The number of nitrogens with zero attached hydrogens (tertiary/aromatic N) is 1. The molecule has 0 aromatic carbocycles.